The third kappa shape index (κ3) is 3.59. The summed E-state index contributed by atoms with van der Waals surface area (Å²) in [6.07, 6.45) is 8.38. The van der Waals surface area contributed by atoms with Crippen LogP contribution in [0.5, 0.6) is 5.75 Å². The van der Waals surface area contributed by atoms with Crippen molar-refractivity contribution in [2.45, 2.75) is 57.2 Å². The zero-order valence-electron chi connectivity index (χ0n) is 17.3. The summed E-state index contributed by atoms with van der Waals surface area (Å²) in [7, 11) is 1.73. The molecular weight excluding hydrogens is 348 g/mol. The maximum absolute atomic E-state index is 9.72. The first-order valence-corrected chi connectivity index (χ1v) is 11.5. The lowest BCUT2D eigenvalue weighted by Crippen LogP contribution is -2.62. The zero-order chi connectivity index (χ0) is 19.1. The van der Waals surface area contributed by atoms with Crippen molar-refractivity contribution in [3.05, 3.63) is 29.8 Å². The van der Waals surface area contributed by atoms with Crippen molar-refractivity contribution in [3.8, 4) is 5.75 Å². The van der Waals surface area contributed by atoms with Gasteiger partial charge in [0.1, 0.15) is 5.75 Å². The Morgan fingerprint density at radius 2 is 1.79 bits per heavy atom. The van der Waals surface area contributed by atoms with Crippen molar-refractivity contribution >= 4 is 0 Å². The SMILES string of the molecule is COc1cccc(CN2CCN(C3C4CC5CC(C4)CC3C5)C[C@@H]2CCO)c1. The monoisotopic (exact) mass is 384 g/mol. The molecular formula is C24H36N2O2. The summed E-state index contributed by atoms with van der Waals surface area (Å²) in [6.45, 7) is 4.69. The number of aliphatic hydroxyl groups is 1. The Balaban J connectivity index is 1.27. The Bertz CT molecular complexity index is 650. The molecule has 1 atom stereocenters. The van der Waals surface area contributed by atoms with E-state index >= 15 is 0 Å². The standard InChI is InChI=1S/C24H36N2O2/c1-28-23-4-2-3-17(14-23)15-25-6-7-26(16-22(25)5-8-27)24-20-10-18-9-19(12-20)13-21(24)11-18/h2-4,14,18-22,24,27H,5-13,15-16H2,1H3/t18?,19?,20?,21?,22-,24?/m0/s1. The van der Waals surface area contributed by atoms with Crippen LogP contribution < -0.4 is 4.74 Å². The third-order valence-corrected chi connectivity index (χ3v) is 8.22. The first kappa shape index (κ1) is 18.9. The molecule has 1 aromatic rings. The van der Waals surface area contributed by atoms with Gasteiger partial charge < -0.3 is 9.84 Å². The van der Waals surface area contributed by atoms with E-state index in [2.05, 4.69) is 28.0 Å². The lowest BCUT2D eigenvalue weighted by atomic mass is 9.53. The summed E-state index contributed by atoms with van der Waals surface area (Å²) in [5, 5.41) is 9.72. The highest BCUT2D eigenvalue weighted by molar-refractivity contribution is 5.28. The molecule has 4 bridgehead atoms. The number of benzene rings is 1. The van der Waals surface area contributed by atoms with Crippen LogP contribution in [0.15, 0.2) is 24.3 Å². The fourth-order valence-corrected chi connectivity index (χ4v) is 7.32. The van der Waals surface area contributed by atoms with E-state index in [1.165, 1.54) is 44.2 Å². The fourth-order valence-electron chi connectivity index (χ4n) is 7.32. The van der Waals surface area contributed by atoms with Crippen molar-refractivity contribution < 1.29 is 9.84 Å². The summed E-state index contributed by atoms with van der Waals surface area (Å²) in [6, 6.07) is 9.73. The van der Waals surface area contributed by atoms with Crippen LogP contribution >= 0.6 is 0 Å². The van der Waals surface area contributed by atoms with Crippen LogP contribution in [-0.4, -0.2) is 60.3 Å². The molecule has 6 rings (SSSR count). The number of piperazine rings is 1. The second-order valence-electron chi connectivity index (χ2n) is 9.90. The van der Waals surface area contributed by atoms with Gasteiger partial charge in [0, 0.05) is 44.9 Å². The number of hydrogen-bond donors (Lipinski definition) is 1. The molecule has 4 saturated carbocycles. The predicted molar refractivity (Wildman–Crippen MR) is 111 cm³/mol. The van der Waals surface area contributed by atoms with Crippen LogP contribution in [0.1, 0.15) is 44.1 Å². The number of nitrogens with zero attached hydrogens (tertiary/aromatic N) is 2. The van der Waals surface area contributed by atoms with Gasteiger partial charge in [0.2, 0.25) is 0 Å². The minimum absolute atomic E-state index is 0.286. The van der Waals surface area contributed by atoms with E-state index in [9.17, 15) is 5.11 Å². The van der Waals surface area contributed by atoms with Crippen molar-refractivity contribution in [1.29, 1.82) is 0 Å². The molecule has 0 aromatic heterocycles. The summed E-state index contributed by atoms with van der Waals surface area (Å²) in [4.78, 5) is 5.44. The van der Waals surface area contributed by atoms with Gasteiger partial charge in [-0.3, -0.25) is 9.80 Å². The van der Waals surface area contributed by atoms with E-state index in [4.69, 9.17) is 4.74 Å². The van der Waals surface area contributed by atoms with Gasteiger partial charge in [0.15, 0.2) is 0 Å². The number of aliphatic hydroxyl groups excluding tert-OH is 1. The average Bonchev–Trinajstić information content (AvgIpc) is 2.69. The number of hydrogen-bond acceptors (Lipinski definition) is 4. The highest BCUT2D eigenvalue weighted by Gasteiger charge is 2.50. The molecule has 4 nitrogen and oxygen atoms in total. The van der Waals surface area contributed by atoms with E-state index in [0.29, 0.717) is 6.04 Å². The molecule has 28 heavy (non-hydrogen) atoms. The summed E-state index contributed by atoms with van der Waals surface area (Å²) < 4.78 is 5.40. The largest absolute Gasteiger partial charge is 0.497 e. The van der Waals surface area contributed by atoms with E-state index in [0.717, 1.165) is 61.5 Å². The van der Waals surface area contributed by atoms with Crippen molar-refractivity contribution in [2.24, 2.45) is 23.7 Å². The molecule has 154 valence electrons. The van der Waals surface area contributed by atoms with E-state index < -0.39 is 0 Å². The molecule has 1 aromatic carbocycles. The molecule has 0 unspecified atom stereocenters. The molecule has 1 aliphatic heterocycles. The minimum atomic E-state index is 0.286. The first-order valence-electron chi connectivity index (χ1n) is 11.5. The minimum Gasteiger partial charge on any atom is -0.497 e. The summed E-state index contributed by atoms with van der Waals surface area (Å²) in [5.41, 5.74) is 1.31. The molecule has 5 aliphatic rings. The third-order valence-electron chi connectivity index (χ3n) is 8.22. The van der Waals surface area contributed by atoms with Crippen LogP contribution in [0.25, 0.3) is 0 Å². The lowest BCUT2D eigenvalue weighted by Gasteiger charge is -2.59. The molecule has 5 fully saturated rings. The Hall–Kier alpha value is -1.10. The fraction of sp³-hybridized carbons (Fsp3) is 0.750. The molecule has 0 spiro atoms. The van der Waals surface area contributed by atoms with Gasteiger partial charge in [0.05, 0.1) is 7.11 Å². The van der Waals surface area contributed by atoms with Gasteiger partial charge in [-0.1, -0.05) is 12.1 Å². The Morgan fingerprint density at radius 3 is 2.46 bits per heavy atom. The lowest BCUT2D eigenvalue weighted by molar-refractivity contribution is -0.0876. The highest BCUT2D eigenvalue weighted by Crippen LogP contribution is 2.55. The van der Waals surface area contributed by atoms with Gasteiger partial charge in [-0.2, -0.15) is 0 Å². The van der Waals surface area contributed by atoms with Crippen LogP contribution in [0, 0.1) is 23.7 Å². The van der Waals surface area contributed by atoms with Gasteiger partial charge >= 0.3 is 0 Å². The second kappa shape index (κ2) is 7.97. The second-order valence-corrected chi connectivity index (χ2v) is 9.90. The first-order chi connectivity index (χ1) is 13.7. The predicted octanol–water partition coefficient (Wildman–Crippen LogP) is 3.39. The van der Waals surface area contributed by atoms with Gasteiger partial charge in [-0.15, -0.1) is 0 Å². The Labute approximate surface area is 169 Å². The highest BCUT2D eigenvalue weighted by atomic mass is 16.5. The van der Waals surface area contributed by atoms with Gasteiger partial charge in [-0.05, 0) is 79.9 Å². The molecule has 4 aliphatic carbocycles. The Kier molecular flexibility index (Phi) is 5.38. The van der Waals surface area contributed by atoms with Crippen LogP contribution in [-0.2, 0) is 6.54 Å². The normalized spacial score (nSPS) is 38.1. The Morgan fingerprint density at radius 1 is 1.04 bits per heavy atom. The number of ether oxygens (including phenoxy) is 1. The van der Waals surface area contributed by atoms with E-state index in [1.807, 2.05) is 6.07 Å². The van der Waals surface area contributed by atoms with Crippen molar-refractivity contribution in [1.82, 2.24) is 9.80 Å². The summed E-state index contributed by atoms with van der Waals surface area (Å²) in [5.74, 6) is 4.93. The van der Waals surface area contributed by atoms with E-state index in [1.54, 1.807) is 7.11 Å². The summed E-state index contributed by atoms with van der Waals surface area (Å²) >= 11 is 0. The van der Waals surface area contributed by atoms with E-state index in [-0.39, 0.29) is 6.61 Å². The molecule has 1 heterocycles. The molecule has 0 radical (unpaired) electrons. The smallest absolute Gasteiger partial charge is 0.119 e. The maximum Gasteiger partial charge on any atom is 0.119 e. The van der Waals surface area contributed by atoms with Gasteiger partial charge in [-0.25, -0.2) is 0 Å². The topological polar surface area (TPSA) is 35.9 Å². The van der Waals surface area contributed by atoms with Crippen LogP contribution in [0.4, 0.5) is 0 Å². The molecule has 1 saturated heterocycles. The van der Waals surface area contributed by atoms with Crippen molar-refractivity contribution in [2.75, 3.05) is 33.4 Å². The van der Waals surface area contributed by atoms with Crippen LogP contribution in [0.3, 0.4) is 0 Å². The quantitative estimate of drug-likeness (QED) is 0.816. The number of rotatable bonds is 6. The van der Waals surface area contributed by atoms with Crippen molar-refractivity contribution in [3.63, 3.8) is 0 Å². The molecule has 0 amide bonds. The molecule has 1 N–H and O–H groups in total. The van der Waals surface area contributed by atoms with Gasteiger partial charge in [0.25, 0.3) is 0 Å². The zero-order valence-corrected chi connectivity index (χ0v) is 17.3. The molecule has 4 heteroatoms. The van der Waals surface area contributed by atoms with Crippen LogP contribution in [0.2, 0.25) is 0 Å². The number of methoxy groups -OCH3 is 1. The maximum atomic E-state index is 9.72. The average molecular weight is 385 g/mol.